The first-order valence-corrected chi connectivity index (χ1v) is 12.3. The molecule has 1 fully saturated rings. The van der Waals surface area contributed by atoms with E-state index in [2.05, 4.69) is 16.8 Å². The number of halogens is 3. The summed E-state index contributed by atoms with van der Waals surface area (Å²) in [7, 11) is 1.63. The molecule has 0 spiro atoms. The molecule has 0 aliphatic carbocycles. The fourth-order valence-electron chi connectivity index (χ4n) is 5.00. The summed E-state index contributed by atoms with van der Waals surface area (Å²) in [4.78, 5) is 18.4. The predicted octanol–water partition coefficient (Wildman–Crippen LogP) is 5.66. The number of benzene rings is 2. The lowest BCUT2D eigenvalue weighted by Gasteiger charge is -2.35. The maximum Gasteiger partial charge on any atom is 0.417 e. The van der Waals surface area contributed by atoms with Crippen molar-refractivity contribution < 1.29 is 27.8 Å². The van der Waals surface area contributed by atoms with Crippen LogP contribution in [-0.2, 0) is 17.4 Å². The van der Waals surface area contributed by atoms with E-state index in [1.807, 2.05) is 29.2 Å². The molecule has 0 amide bonds. The third-order valence-electron chi connectivity index (χ3n) is 6.98. The van der Waals surface area contributed by atoms with Crippen LogP contribution in [0.2, 0.25) is 0 Å². The molecule has 0 saturated carbocycles. The van der Waals surface area contributed by atoms with Crippen molar-refractivity contribution in [2.24, 2.45) is 11.8 Å². The van der Waals surface area contributed by atoms with Gasteiger partial charge >= 0.3 is 12.1 Å². The lowest BCUT2D eigenvalue weighted by atomic mass is 9.81. The molecule has 1 saturated heterocycles. The minimum atomic E-state index is -4.47. The van der Waals surface area contributed by atoms with Gasteiger partial charge in [-0.25, -0.2) is 0 Å². The Morgan fingerprint density at radius 1 is 1.22 bits per heavy atom. The third kappa shape index (κ3) is 6.60. The second-order valence-corrected chi connectivity index (χ2v) is 9.32. The maximum atomic E-state index is 13.2. The van der Waals surface area contributed by atoms with Gasteiger partial charge < -0.3 is 9.84 Å². The molecule has 8 heteroatoms. The van der Waals surface area contributed by atoms with Crippen LogP contribution in [-0.4, -0.2) is 47.7 Å². The van der Waals surface area contributed by atoms with Crippen molar-refractivity contribution in [1.29, 1.82) is 0 Å². The van der Waals surface area contributed by atoms with Crippen LogP contribution in [0.15, 0.2) is 54.7 Å². The SMILES string of the molecule is COc1ccc2nccc(CCC[C@@H]3CCN(CC#Cc4ccccc4C(F)(F)F)C[C@@H]3C(=O)O)c2c1. The molecular formula is C29H29F3N2O3. The van der Waals surface area contributed by atoms with Gasteiger partial charge in [-0.15, -0.1) is 0 Å². The van der Waals surface area contributed by atoms with Gasteiger partial charge in [-0.1, -0.05) is 24.0 Å². The van der Waals surface area contributed by atoms with Crippen LogP contribution in [0.4, 0.5) is 13.2 Å². The van der Waals surface area contributed by atoms with Crippen LogP contribution in [0.25, 0.3) is 10.9 Å². The quantitative estimate of drug-likeness (QED) is 0.416. The molecule has 0 radical (unpaired) electrons. The third-order valence-corrected chi connectivity index (χ3v) is 6.98. The number of hydrogen-bond acceptors (Lipinski definition) is 4. The largest absolute Gasteiger partial charge is 0.497 e. The molecule has 1 aliphatic rings. The summed E-state index contributed by atoms with van der Waals surface area (Å²) in [5, 5.41) is 10.9. The van der Waals surface area contributed by atoms with E-state index in [1.54, 1.807) is 13.3 Å². The molecule has 3 aromatic rings. The highest BCUT2D eigenvalue weighted by atomic mass is 19.4. The number of rotatable bonds is 7. The zero-order valence-electron chi connectivity index (χ0n) is 20.6. The van der Waals surface area contributed by atoms with Crippen molar-refractivity contribution in [2.75, 3.05) is 26.7 Å². The monoisotopic (exact) mass is 510 g/mol. The molecule has 5 nitrogen and oxygen atoms in total. The van der Waals surface area contributed by atoms with E-state index in [0.29, 0.717) is 19.5 Å². The summed E-state index contributed by atoms with van der Waals surface area (Å²) in [6.45, 7) is 1.23. The fraction of sp³-hybridized carbons (Fsp3) is 0.379. The highest BCUT2D eigenvalue weighted by Crippen LogP contribution is 2.32. The molecule has 2 aromatic carbocycles. The molecule has 2 atom stereocenters. The lowest BCUT2D eigenvalue weighted by Crippen LogP contribution is -2.44. The van der Waals surface area contributed by atoms with Gasteiger partial charge in [0.15, 0.2) is 0 Å². The van der Waals surface area contributed by atoms with Crippen LogP contribution < -0.4 is 4.74 Å². The average Bonchev–Trinajstić information content (AvgIpc) is 2.88. The van der Waals surface area contributed by atoms with E-state index in [-0.39, 0.29) is 18.0 Å². The molecule has 4 rings (SSSR count). The second kappa shape index (κ2) is 11.7. The van der Waals surface area contributed by atoms with E-state index < -0.39 is 23.6 Å². The number of carbonyl (C=O) groups is 1. The fourth-order valence-corrected chi connectivity index (χ4v) is 5.00. The van der Waals surface area contributed by atoms with Gasteiger partial charge in [0, 0.05) is 23.7 Å². The summed E-state index contributed by atoms with van der Waals surface area (Å²) in [5.74, 6) is 4.87. The smallest absolute Gasteiger partial charge is 0.417 e. The van der Waals surface area contributed by atoms with Crippen LogP contribution >= 0.6 is 0 Å². The van der Waals surface area contributed by atoms with Gasteiger partial charge in [-0.2, -0.15) is 13.2 Å². The van der Waals surface area contributed by atoms with Gasteiger partial charge in [0.2, 0.25) is 0 Å². The van der Waals surface area contributed by atoms with Crippen LogP contribution in [0.1, 0.15) is 36.0 Å². The number of carboxylic acids is 1. The number of ether oxygens (including phenoxy) is 1. The number of piperidine rings is 1. The van der Waals surface area contributed by atoms with E-state index in [4.69, 9.17) is 4.74 Å². The molecule has 194 valence electrons. The summed E-state index contributed by atoms with van der Waals surface area (Å²) in [6, 6.07) is 13.0. The van der Waals surface area contributed by atoms with Gasteiger partial charge in [0.25, 0.3) is 0 Å². The van der Waals surface area contributed by atoms with Gasteiger partial charge in [0.1, 0.15) is 5.75 Å². The number of methoxy groups -OCH3 is 1. The molecule has 0 bridgehead atoms. The van der Waals surface area contributed by atoms with E-state index >= 15 is 0 Å². The number of aryl methyl sites for hydroxylation is 1. The van der Waals surface area contributed by atoms with E-state index in [0.717, 1.165) is 47.5 Å². The Hall–Kier alpha value is -3.57. The molecule has 1 aromatic heterocycles. The summed E-state index contributed by atoms with van der Waals surface area (Å²) in [5.41, 5.74) is 1.22. The van der Waals surface area contributed by atoms with Crippen molar-refractivity contribution in [3.05, 3.63) is 71.4 Å². The van der Waals surface area contributed by atoms with Crippen molar-refractivity contribution in [2.45, 2.75) is 31.9 Å². The average molecular weight is 511 g/mol. The Morgan fingerprint density at radius 3 is 2.78 bits per heavy atom. The maximum absolute atomic E-state index is 13.2. The van der Waals surface area contributed by atoms with Crippen LogP contribution in [0, 0.1) is 23.7 Å². The Kier molecular flexibility index (Phi) is 8.34. The topological polar surface area (TPSA) is 62.7 Å². The van der Waals surface area contributed by atoms with Crippen LogP contribution in [0.5, 0.6) is 5.75 Å². The molecule has 2 heterocycles. The van der Waals surface area contributed by atoms with E-state index in [1.165, 1.54) is 18.2 Å². The Balaban J connectivity index is 1.36. The van der Waals surface area contributed by atoms with E-state index in [9.17, 15) is 23.1 Å². The predicted molar refractivity (Wildman–Crippen MR) is 135 cm³/mol. The van der Waals surface area contributed by atoms with Crippen molar-refractivity contribution >= 4 is 16.9 Å². The first-order chi connectivity index (χ1) is 17.8. The number of aliphatic carboxylic acids is 1. The number of hydrogen-bond donors (Lipinski definition) is 1. The first kappa shape index (κ1) is 26.5. The number of nitrogens with zero attached hydrogens (tertiary/aromatic N) is 2. The van der Waals surface area contributed by atoms with Gasteiger partial charge in [0.05, 0.1) is 30.7 Å². The number of aromatic nitrogens is 1. The normalized spacial score (nSPS) is 18.3. The van der Waals surface area contributed by atoms with Crippen molar-refractivity contribution in [3.63, 3.8) is 0 Å². The highest BCUT2D eigenvalue weighted by Gasteiger charge is 2.34. The number of carboxylic acid groups (broad SMARTS) is 1. The highest BCUT2D eigenvalue weighted by molar-refractivity contribution is 5.83. The van der Waals surface area contributed by atoms with Gasteiger partial charge in [-0.05, 0) is 80.1 Å². The second-order valence-electron chi connectivity index (χ2n) is 9.32. The van der Waals surface area contributed by atoms with Crippen molar-refractivity contribution in [1.82, 2.24) is 9.88 Å². The standard InChI is InChI=1S/C29H29F3N2O3/c1-37-23-11-12-27-24(18-23)20(13-15-33-27)7-4-8-21-14-17-34(19-25(21)28(35)36)16-5-9-22-6-2-3-10-26(22)29(30,31)32/h2-3,6,10-13,15,18,21,25H,4,7-8,14,16-17,19H2,1H3,(H,35,36)/t21-,25+/m1/s1. The molecule has 37 heavy (non-hydrogen) atoms. The molecular weight excluding hydrogens is 481 g/mol. The zero-order chi connectivity index (χ0) is 26.4. The molecule has 0 unspecified atom stereocenters. The molecule has 1 aliphatic heterocycles. The van der Waals surface area contributed by atoms with Crippen LogP contribution in [0.3, 0.4) is 0 Å². The zero-order valence-corrected chi connectivity index (χ0v) is 20.6. The number of likely N-dealkylation sites (tertiary alicyclic amines) is 1. The first-order valence-electron chi connectivity index (χ1n) is 12.3. The number of pyridine rings is 1. The summed E-state index contributed by atoms with van der Waals surface area (Å²) < 4.78 is 44.9. The Bertz CT molecular complexity index is 1310. The minimum absolute atomic E-state index is 0.0373. The Morgan fingerprint density at radius 2 is 2.03 bits per heavy atom. The minimum Gasteiger partial charge on any atom is -0.497 e. The molecule has 1 N–H and O–H groups in total. The van der Waals surface area contributed by atoms with Gasteiger partial charge in [-0.3, -0.25) is 14.7 Å². The van der Waals surface area contributed by atoms with Crippen molar-refractivity contribution in [3.8, 4) is 17.6 Å². The summed E-state index contributed by atoms with van der Waals surface area (Å²) >= 11 is 0. The lowest BCUT2D eigenvalue weighted by molar-refractivity contribution is -0.146. The number of fused-ring (bicyclic) bond motifs is 1. The summed E-state index contributed by atoms with van der Waals surface area (Å²) in [6.07, 6.45) is 0.469. The number of alkyl halides is 3. The Labute approximate surface area is 214 Å².